The van der Waals surface area contributed by atoms with Crippen LogP contribution in [0, 0.1) is 6.92 Å². The van der Waals surface area contributed by atoms with Crippen LogP contribution >= 0.6 is 0 Å². The minimum atomic E-state index is -0.513. The zero-order chi connectivity index (χ0) is 15.2. The third-order valence-electron chi connectivity index (χ3n) is 2.49. The van der Waals surface area contributed by atoms with Gasteiger partial charge in [-0.1, -0.05) is 24.3 Å². The second-order valence-electron chi connectivity index (χ2n) is 5.43. The number of benzene rings is 1. The zero-order valence-corrected chi connectivity index (χ0v) is 12.5. The first-order valence-electron chi connectivity index (χ1n) is 6.55. The van der Waals surface area contributed by atoms with Crippen LogP contribution in [0.2, 0.25) is 0 Å². The van der Waals surface area contributed by atoms with E-state index in [1.165, 1.54) is 0 Å². The molecule has 0 atom stereocenters. The molecule has 4 nitrogen and oxygen atoms in total. The van der Waals surface area contributed by atoms with E-state index in [1.807, 2.05) is 45.9 Å². The van der Waals surface area contributed by atoms with E-state index in [4.69, 9.17) is 14.6 Å². The monoisotopic (exact) mass is 278 g/mol. The van der Waals surface area contributed by atoms with Gasteiger partial charge in [0.05, 0.1) is 6.61 Å². The summed E-state index contributed by atoms with van der Waals surface area (Å²) in [6, 6.07) is 5.56. The van der Waals surface area contributed by atoms with Gasteiger partial charge in [-0.25, -0.2) is 4.79 Å². The van der Waals surface area contributed by atoms with Gasteiger partial charge in [0.2, 0.25) is 0 Å². The van der Waals surface area contributed by atoms with Crippen LogP contribution in [0.4, 0.5) is 0 Å². The Morgan fingerprint density at radius 1 is 1.35 bits per heavy atom. The summed E-state index contributed by atoms with van der Waals surface area (Å²) in [5.74, 6) is 0.240. The summed E-state index contributed by atoms with van der Waals surface area (Å²) >= 11 is 0. The number of hydrogen-bond acceptors (Lipinski definition) is 4. The van der Waals surface area contributed by atoms with Gasteiger partial charge in [0, 0.05) is 0 Å². The molecule has 0 unspecified atom stereocenters. The molecule has 1 rings (SSSR count). The Labute approximate surface area is 120 Å². The number of rotatable bonds is 5. The van der Waals surface area contributed by atoms with Gasteiger partial charge < -0.3 is 14.6 Å². The minimum Gasteiger partial charge on any atom is -0.482 e. The molecule has 0 aliphatic rings. The summed E-state index contributed by atoms with van der Waals surface area (Å²) in [6.07, 6.45) is 3.47. The summed E-state index contributed by atoms with van der Waals surface area (Å²) in [4.78, 5) is 11.6. The minimum absolute atomic E-state index is 0.0115. The van der Waals surface area contributed by atoms with Gasteiger partial charge in [0.15, 0.2) is 6.61 Å². The number of hydrogen-bond donors (Lipinski definition) is 1. The van der Waals surface area contributed by atoms with Crippen molar-refractivity contribution in [3.8, 4) is 5.75 Å². The molecule has 0 saturated carbocycles. The number of ether oxygens (including phenoxy) is 2. The van der Waals surface area contributed by atoms with Crippen LogP contribution in [0.1, 0.15) is 31.9 Å². The molecule has 0 aliphatic heterocycles. The topological polar surface area (TPSA) is 55.8 Å². The van der Waals surface area contributed by atoms with Crippen molar-refractivity contribution in [2.75, 3.05) is 13.2 Å². The molecule has 0 spiro atoms. The molecule has 0 saturated heterocycles. The first kappa shape index (κ1) is 16.2. The molecule has 0 heterocycles. The van der Waals surface area contributed by atoms with Gasteiger partial charge in [-0.15, -0.1) is 0 Å². The first-order chi connectivity index (χ1) is 9.33. The number of carbonyl (C=O) groups excluding carboxylic acids is 1. The molecule has 0 bridgehead atoms. The van der Waals surface area contributed by atoms with Crippen molar-refractivity contribution in [1.82, 2.24) is 0 Å². The van der Waals surface area contributed by atoms with Gasteiger partial charge in [-0.2, -0.15) is 0 Å². The van der Waals surface area contributed by atoms with Gasteiger partial charge in [-0.05, 0) is 44.9 Å². The molecule has 0 fully saturated rings. The molecule has 1 aromatic carbocycles. The molecule has 110 valence electrons. The normalized spacial score (nSPS) is 11.7. The number of aliphatic hydroxyl groups excluding tert-OH is 1. The highest BCUT2D eigenvalue weighted by molar-refractivity contribution is 5.71. The van der Waals surface area contributed by atoms with Crippen LogP contribution in [0.15, 0.2) is 24.3 Å². The molecular formula is C16H22O4. The van der Waals surface area contributed by atoms with Gasteiger partial charge in [0.1, 0.15) is 11.4 Å². The summed E-state index contributed by atoms with van der Waals surface area (Å²) in [6.45, 7) is 7.22. The fourth-order valence-electron chi connectivity index (χ4n) is 1.66. The highest BCUT2D eigenvalue weighted by atomic mass is 16.6. The Balaban J connectivity index is 2.69. The maximum atomic E-state index is 11.6. The largest absolute Gasteiger partial charge is 0.482 e. The lowest BCUT2D eigenvalue weighted by Gasteiger charge is -2.19. The predicted octanol–water partition coefficient (Wildman–Crippen LogP) is 2.72. The Bertz CT molecular complexity index is 484. The van der Waals surface area contributed by atoms with Crippen molar-refractivity contribution in [3.05, 3.63) is 35.4 Å². The Kier molecular flexibility index (Phi) is 5.77. The lowest BCUT2D eigenvalue weighted by Crippen LogP contribution is -2.27. The molecule has 20 heavy (non-hydrogen) atoms. The Hall–Kier alpha value is -1.81. The average molecular weight is 278 g/mol. The van der Waals surface area contributed by atoms with Crippen molar-refractivity contribution in [2.24, 2.45) is 0 Å². The highest BCUT2D eigenvalue weighted by Gasteiger charge is 2.16. The van der Waals surface area contributed by atoms with Gasteiger partial charge in [-0.3, -0.25) is 0 Å². The molecule has 1 aromatic rings. The van der Waals surface area contributed by atoms with E-state index < -0.39 is 11.6 Å². The van der Waals surface area contributed by atoms with Crippen molar-refractivity contribution in [2.45, 2.75) is 33.3 Å². The van der Waals surface area contributed by atoms with Crippen LogP contribution in [-0.2, 0) is 9.53 Å². The van der Waals surface area contributed by atoms with E-state index in [2.05, 4.69) is 0 Å². The van der Waals surface area contributed by atoms with Crippen LogP contribution in [0.5, 0.6) is 5.75 Å². The zero-order valence-electron chi connectivity index (χ0n) is 12.5. The van der Waals surface area contributed by atoms with E-state index in [-0.39, 0.29) is 13.2 Å². The lowest BCUT2D eigenvalue weighted by atomic mass is 10.1. The van der Waals surface area contributed by atoms with E-state index >= 15 is 0 Å². The van der Waals surface area contributed by atoms with Crippen LogP contribution in [-0.4, -0.2) is 29.9 Å². The number of esters is 1. The van der Waals surface area contributed by atoms with Gasteiger partial charge >= 0.3 is 5.97 Å². The van der Waals surface area contributed by atoms with E-state index in [9.17, 15) is 4.79 Å². The molecule has 0 aromatic heterocycles. The smallest absolute Gasteiger partial charge is 0.344 e. The Morgan fingerprint density at radius 2 is 2.05 bits per heavy atom. The number of carbonyl (C=O) groups is 1. The third-order valence-corrected chi connectivity index (χ3v) is 2.49. The molecule has 1 N–H and O–H groups in total. The van der Waals surface area contributed by atoms with Crippen LogP contribution in [0.25, 0.3) is 6.08 Å². The summed E-state index contributed by atoms with van der Waals surface area (Å²) in [5, 5.41) is 8.79. The summed E-state index contributed by atoms with van der Waals surface area (Å²) in [7, 11) is 0. The van der Waals surface area contributed by atoms with E-state index in [0.29, 0.717) is 5.75 Å². The molecule has 4 heteroatoms. The molecule has 0 aliphatic carbocycles. The predicted molar refractivity (Wildman–Crippen MR) is 78.6 cm³/mol. The van der Waals surface area contributed by atoms with Crippen LogP contribution in [0.3, 0.4) is 0 Å². The van der Waals surface area contributed by atoms with Crippen molar-refractivity contribution < 1.29 is 19.4 Å². The summed E-state index contributed by atoms with van der Waals surface area (Å²) < 4.78 is 10.7. The first-order valence-corrected chi connectivity index (χ1v) is 6.55. The maximum Gasteiger partial charge on any atom is 0.344 e. The maximum absolute atomic E-state index is 11.6. The van der Waals surface area contributed by atoms with Crippen molar-refractivity contribution in [1.29, 1.82) is 0 Å². The molecular weight excluding hydrogens is 256 g/mol. The lowest BCUT2D eigenvalue weighted by molar-refractivity contribution is -0.157. The third kappa shape index (κ3) is 5.45. The quantitative estimate of drug-likeness (QED) is 0.841. The van der Waals surface area contributed by atoms with E-state index in [1.54, 1.807) is 12.1 Å². The second-order valence-corrected chi connectivity index (χ2v) is 5.43. The average Bonchev–Trinajstić information content (AvgIpc) is 2.34. The summed E-state index contributed by atoms with van der Waals surface area (Å²) in [5.41, 5.74) is 1.35. The van der Waals surface area contributed by atoms with Gasteiger partial charge in [0.25, 0.3) is 0 Å². The van der Waals surface area contributed by atoms with Crippen molar-refractivity contribution >= 4 is 12.0 Å². The van der Waals surface area contributed by atoms with Crippen molar-refractivity contribution in [3.63, 3.8) is 0 Å². The second kappa shape index (κ2) is 7.10. The fraction of sp³-hybridized carbons (Fsp3) is 0.438. The number of aliphatic hydroxyl groups is 1. The molecule has 0 amide bonds. The highest BCUT2D eigenvalue weighted by Crippen LogP contribution is 2.22. The molecule has 0 radical (unpaired) electrons. The standard InChI is InChI=1S/C16H22O4/c1-12-13(8-6-10-17)7-5-9-14(12)19-11-15(18)20-16(2,3)4/h5-9,17H,10-11H2,1-4H3/b8-6-. The van der Waals surface area contributed by atoms with Crippen LogP contribution < -0.4 is 4.74 Å². The SMILES string of the molecule is Cc1c(/C=C\CO)cccc1OCC(=O)OC(C)(C)C. The van der Waals surface area contributed by atoms with E-state index in [0.717, 1.165) is 11.1 Å². The fourth-order valence-corrected chi connectivity index (χ4v) is 1.66. The Morgan fingerprint density at radius 3 is 2.65 bits per heavy atom.